The van der Waals surface area contributed by atoms with Crippen molar-refractivity contribution in [2.24, 2.45) is 0 Å². The number of carbonyl (C=O) groups is 1. The fraction of sp³-hybridized carbons (Fsp3) is 0.300. The summed E-state index contributed by atoms with van der Waals surface area (Å²) in [7, 11) is -3.78. The van der Waals surface area contributed by atoms with Crippen LogP contribution in [0.5, 0.6) is 0 Å². The second-order valence-electron chi connectivity index (χ2n) is 7.40. The smallest absolute Gasteiger partial charge is 0.259 e. The van der Waals surface area contributed by atoms with E-state index in [9.17, 15) is 17.6 Å². The van der Waals surface area contributed by atoms with Crippen molar-refractivity contribution in [3.63, 3.8) is 0 Å². The van der Waals surface area contributed by atoms with Crippen LogP contribution in [0.4, 0.5) is 4.39 Å². The summed E-state index contributed by atoms with van der Waals surface area (Å²) in [5.74, 6) is -0.909. The van der Waals surface area contributed by atoms with E-state index in [1.165, 1.54) is 33.2 Å². The van der Waals surface area contributed by atoms with E-state index in [1.807, 2.05) is 6.07 Å². The van der Waals surface area contributed by atoms with Crippen LogP contribution in [0.2, 0.25) is 0 Å². The third-order valence-electron chi connectivity index (χ3n) is 5.33. The summed E-state index contributed by atoms with van der Waals surface area (Å²) in [6.45, 7) is 3.85. The average Bonchev–Trinajstić information content (AvgIpc) is 3.15. The molecule has 1 unspecified atom stereocenters. The predicted molar refractivity (Wildman–Crippen MR) is 108 cm³/mol. The lowest BCUT2D eigenvalue weighted by Gasteiger charge is -2.39. The molecule has 1 fully saturated rings. The zero-order valence-electron chi connectivity index (χ0n) is 16.9. The second-order valence-corrected chi connectivity index (χ2v) is 9.31. The first kappa shape index (κ1) is 20.9. The van der Waals surface area contributed by atoms with E-state index in [-0.39, 0.29) is 41.6 Å². The number of rotatable bonds is 3. The highest BCUT2D eigenvalue weighted by atomic mass is 32.2. The molecule has 31 heavy (non-hydrogen) atoms. The van der Waals surface area contributed by atoms with Gasteiger partial charge in [0.15, 0.2) is 11.5 Å². The summed E-state index contributed by atoms with van der Waals surface area (Å²) < 4.78 is 42.2. The molecule has 1 atom stereocenters. The highest BCUT2D eigenvalue weighted by Gasteiger charge is 2.36. The molecule has 0 saturated carbocycles. The number of hydrogen-bond acceptors (Lipinski definition) is 6. The number of aromatic nitrogens is 3. The first-order chi connectivity index (χ1) is 14.7. The van der Waals surface area contributed by atoms with Gasteiger partial charge in [-0.15, -0.1) is 0 Å². The van der Waals surface area contributed by atoms with E-state index >= 15 is 0 Å². The second kappa shape index (κ2) is 7.72. The summed E-state index contributed by atoms with van der Waals surface area (Å²) in [5, 5.41) is 13.0. The van der Waals surface area contributed by atoms with Crippen molar-refractivity contribution in [2.75, 3.05) is 19.6 Å². The first-order valence-corrected chi connectivity index (χ1v) is 11.0. The Kier molecular flexibility index (Phi) is 5.20. The number of carbonyl (C=O) groups excluding carboxylic acids is 1. The molecule has 9 nitrogen and oxygen atoms in total. The zero-order chi connectivity index (χ0) is 22.3. The fourth-order valence-corrected chi connectivity index (χ4v) is 5.47. The van der Waals surface area contributed by atoms with Gasteiger partial charge in [0.05, 0.1) is 35.1 Å². The molecular formula is C20H19FN6O3S. The SMILES string of the molecule is Cc1cc(C#N)ccc1S(=O)(=O)N1CCN(C(=O)c2cnn3cc(F)cnc23)C(C)C1. The minimum absolute atomic E-state index is 0.120. The molecule has 3 aromatic rings. The lowest BCUT2D eigenvalue weighted by Crippen LogP contribution is -2.55. The van der Waals surface area contributed by atoms with Gasteiger partial charge in [0, 0.05) is 25.7 Å². The Morgan fingerprint density at radius 3 is 2.74 bits per heavy atom. The normalized spacial score (nSPS) is 17.6. The molecule has 160 valence electrons. The highest BCUT2D eigenvalue weighted by Crippen LogP contribution is 2.25. The van der Waals surface area contributed by atoms with Crippen molar-refractivity contribution in [1.29, 1.82) is 5.26 Å². The molecule has 0 bridgehead atoms. The van der Waals surface area contributed by atoms with Crippen LogP contribution in [-0.4, -0.2) is 63.8 Å². The third kappa shape index (κ3) is 3.64. The van der Waals surface area contributed by atoms with E-state index in [2.05, 4.69) is 10.1 Å². The average molecular weight is 442 g/mol. The number of fused-ring (bicyclic) bond motifs is 1. The number of hydrogen-bond donors (Lipinski definition) is 0. The Balaban J connectivity index is 1.55. The molecule has 1 aromatic carbocycles. The van der Waals surface area contributed by atoms with Crippen LogP contribution in [0.25, 0.3) is 5.65 Å². The van der Waals surface area contributed by atoms with Crippen LogP contribution in [-0.2, 0) is 10.0 Å². The van der Waals surface area contributed by atoms with E-state index in [4.69, 9.17) is 5.26 Å². The van der Waals surface area contributed by atoms with Gasteiger partial charge in [0.2, 0.25) is 10.0 Å². The number of sulfonamides is 1. The van der Waals surface area contributed by atoms with Crippen molar-refractivity contribution < 1.29 is 17.6 Å². The molecule has 1 amide bonds. The number of nitriles is 1. The van der Waals surface area contributed by atoms with Crippen LogP contribution >= 0.6 is 0 Å². The summed E-state index contributed by atoms with van der Waals surface area (Å²) >= 11 is 0. The maximum Gasteiger partial charge on any atom is 0.259 e. The third-order valence-corrected chi connectivity index (χ3v) is 7.35. The monoisotopic (exact) mass is 442 g/mol. The van der Waals surface area contributed by atoms with Gasteiger partial charge in [-0.3, -0.25) is 4.79 Å². The molecular weight excluding hydrogens is 423 g/mol. The number of benzene rings is 1. The van der Waals surface area contributed by atoms with Gasteiger partial charge >= 0.3 is 0 Å². The maximum atomic E-state index is 13.3. The van der Waals surface area contributed by atoms with Gasteiger partial charge in [0.25, 0.3) is 5.91 Å². The molecule has 0 radical (unpaired) electrons. The largest absolute Gasteiger partial charge is 0.333 e. The fourth-order valence-electron chi connectivity index (χ4n) is 3.75. The molecule has 0 spiro atoms. The number of piperazine rings is 1. The Morgan fingerprint density at radius 1 is 1.29 bits per heavy atom. The molecule has 0 aliphatic carbocycles. The van der Waals surface area contributed by atoms with E-state index in [1.54, 1.807) is 18.7 Å². The van der Waals surface area contributed by atoms with Gasteiger partial charge < -0.3 is 4.90 Å². The van der Waals surface area contributed by atoms with Gasteiger partial charge in [-0.05, 0) is 37.6 Å². The highest BCUT2D eigenvalue weighted by molar-refractivity contribution is 7.89. The van der Waals surface area contributed by atoms with E-state index < -0.39 is 21.9 Å². The number of amides is 1. The van der Waals surface area contributed by atoms with Crippen molar-refractivity contribution in [1.82, 2.24) is 23.8 Å². The number of aryl methyl sites for hydroxylation is 1. The van der Waals surface area contributed by atoms with Gasteiger partial charge in [-0.25, -0.2) is 22.3 Å². The predicted octanol–water partition coefficient (Wildman–Crippen LogP) is 1.58. The number of nitrogens with zero attached hydrogens (tertiary/aromatic N) is 6. The van der Waals surface area contributed by atoms with Crippen molar-refractivity contribution in [2.45, 2.75) is 24.8 Å². The Bertz CT molecular complexity index is 1330. The number of halogens is 1. The zero-order valence-corrected chi connectivity index (χ0v) is 17.7. The Morgan fingerprint density at radius 2 is 2.06 bits per heavy atom. The van der Waals surface area contributed by atoms with Gasteiger partial charge in [-0.2, -0.15) is 14.7 Å². The molecule has 3 heterocycles. The molecule has 0 N–H and O–H groups in total. The Labute approximate surface area is 178 Å². The molecule has 2 aromatic heterocycles. The van der Waals surface area contributed by atoms with E-state index in [0.717, 1.165) is 12.4 Å². The lowest BCUT2D eigenvalue weighted by atomic mass is 10.1. The van der Waals surface area contributed by atoms with Crippen molar-refractivity contribution in [3.05, 3.63) is 59.3 Å². The van der Waals surface area contributed by atoms with Gasteiger partial charge in [-0.1, -0.05) is 0 Å². The minimum atomic E-state index is -3.78. The topological polar surface area (TPSA) is 112 Å². The van der Waals surface area contributed by atoms with Gasteiger partial charge in [0.1, 0.15) is 5.56 Å². The summed E-state index contributed by atoms with van der Waals surface area (Å²) in [4.78, 5) is 18.7. The van der Waals surface area contributed by atoms with Crippen molar-refractivity contribution >= 4 is 21.6 Å². The van der Waals surface area contributed by atoms with Crippen molar-refractivity contribution in [3.8, 4) is 6.07 Å². The van der Waals surface area contributed by atoms with Crippen LogP contribution in [0.3, 0.4) is 0 Å². The Hall–Kier alpha value is -3.36. The summed E-state index contributed by atoms with van der Waals surface area (Å²) in [5.41, 5.74) is 1.35. The lowest BCUT2D eigenvalue weighted by molar-refractivity contribution is 0.0593. The van der Waals surface area contributed by atoms with Crippen LogP contribution < -0.4 is 0 Å². The standard InChI is InChI=1S/C20H19FN6O3S/c1-13-7-15(8-22)3-4-18(13)31(29,30)25-5-6-26(14(2)11-25)20(28)17-10-24-27-12-16(21)9-23-19(17)27/h3-4,7,9-10,12,14H,5-6,11H2,1-2H3. The maximum absolute atomic E-state index is 13.3. The summed E-state index contributed by atoms with van der Waals surface area (Å²) in [6.07, 6.45) is 3.48. The molecule has 1 saturated heterocycles. The first-order valence-electron chi connectivity index (χ1n) is 9.53. The van der Waals surface area contributed by atoms with E-state index in [0.29, 0.717) is 11.1 Å². The van der Waals surface area contributed by atoms with Crippen LogP contribution in [0.1, 0.15) is 28.4 Å². The van der Waals surface area contributed by atoms with Crippen LogP contribution in [0, 0.1) is 24.1 Å². The molecule has 1 aliphatic heterocycles. The minimum Gasteiger partial charge on any atom is -0.333 e. The quantitative estimate of drug-likeness (QED) is 0.609. The van der Waals surface area contributed by atoms with Crippen LogP contribution in [0.15, 0.2) is 41.7 Å². The molecule has 4 rings (SSSR count). The molecule has 1 aliphatic rings. The summed E-state index contributed by atoms with van der Waals surface area (Å²) in [6, 6.07) is 6.05. The molecule has 11 heteroatoms.